The van der Waals surface area contributed by atoms with Gasteiger partial charge in [0, 0.05) is 220 Å². The standard InChI is InChI=1S/2C28H26N6O2S.C23H21BrF2N6.C23H23ClN6O/c1-35-26-7-4-19(16-31-26)18-2-5-21(6-3-18)33-28-32-17-20-14-23(27-30-12-13-37-27)25(15-24(20)34-28)36-22-8-10-29-11-9-22;1-35-26-22(3-2-10-30-26)18-4-6-20(7-5-18)33-28-32-17-19-15-23(27-31-13-14-37-27)25(16-24(19)34-28)36-21-8-11-29-12-9-21;1-31-13-18(11-28-31)16-6-15(12-32-5-4-23(25,26)14-32)7-20(9-16)29-22-27-10-17-8-19(24)2-3-21(17)30-22;1-29-6-5-20(14-29)31-21-9-15(17-12-26-30(2)13-17)8-19(10-21)27-23-25-11-16-7-18(24)3-4-22(16)28-23/h2-7,12-17,22,29H,8-11H2,1H3,(H,32,33,34);2-7,10,13-17,21,29H,8-9,11-12H2,1H3,(H,32,33,34);2-3,6-11,13H,4-5,12,14H2,1H3,(H,27,29,30);3-4,7-13,20H,5-6,14H2,1-2H3,(H,25,27,28)/t;;;20-/m...1/s1. The third kappa shape index (κ3) is 23.5. The summed E-state index contributed by atoms with van der Waals surface area (Å²) in [6.45, 7) is 6.46. The molecule has 4 aliphatic heterocycles. The lowest BCUT2D eigenvalue weighted by atomic mass is 10.0. The Kier molecular flexibility index (Phi) is 28.4. The van der Waals surface area contributed by atoms with E-state index in [9.17, 15) is 8.78 Å². The van der Waals surface area contributed by atoms with Gasteiger partial charge in [-0.15, -0.1) is 22.7 Å². The minimum Gasteiger partial charge on any atom is -0.490 e. The number of thiazole rings is 2. The fourth-order valence-electron chi connectivity index (χ4n) is 16.7. The van der Waals surface area contributed by atoms with Gasteiger partial charge in [-0.2, -0.15) is 10.2 Å². The Morgan fingerprint density at radius 2 is 0.985 bits per heavy atom. The Hall–Kier alpha value is -14.2. The Bertz CT molecular complexity index is 7230. The highest BCUT2D eigenvalue weighted by atomic mass is 79.9. The highest BCUT2D eigenvalue weighted by molar-refractivity contribution is 9.10. The Labute approximate surface area is 810 Å². The highest BCUT2D eigenvalue weighted by Crippen LogP contribution is 2.42. The molecule has 694 valence electrons. The maximum atomic E-state index is 13.7. The summed E-state index contributed by atoms with van der Waals surface area (Å²) in [7, 11) is 9.13. The molecule has 0 aliphatic carbocycles. The molecule has 4 aliphatic rings. The highest BCUT2D eigenvalue weighted by Gasteiger charge is 2.38. The number of likely N-dealkylation sites (tertiary alicyclic amines) is 2. The quantitative estimate of drug-likeness (QED) is 0.0327. The largest absolute Gasteiger partial charge is 0.490 e. The number of nitrogens with one attached hydrogen (secondary N) is 6. The van der Waals surface area contributed by atoms with E-state index in [1.807, 2.05) is 214 Å². The summed E-state index contributed by atoms with van der Waals surface area (Å²) in [5.74, 6) is 3.07. The fourth-order valence-corrected chi connectivity index (χ4v) is 18.6. The molecule has 4 fully saturated rings. The van der Waals surface area contributed by atoms with E-state index in [1.165, 1.54) is 0 Å². The van der Waals surface area contributed by atoms with E-state index in [4.69, 9.17) is 45.3 Å². The molecule has 0 unspecified atom stereocenters. The smallest absolute Gasteiger partial charge is 0.261 e. The van der Waals surface area contributed by atoms with Crippen LogP contribution in [0.2, 0.25) is 5.02 Å². The zero-order chi connectivity index (χ0) is 93.7. The van der Waals surface area contributed by atoms with Crippen LogP contribution in [0.4, 0.5) is 55.3 Å². The van der Waals surface area contributed by atoms with Gasteiger partial charge < -0.3 is 60.5 Å². The van der Waals surface area contributed by atoms with Gasteiger partial charge in [-0.25, -0.2) is 68.6 Å². The molecule has 35 heteroatoms. The van der Waals surface area contributed by atoms with Gasteiger partial charge in [-0.3, -0.25) is 14.3 Å². The average Bonchev–Trinajstić information content (AvgIpc) is 1.77. The van der Waals surface area contributed by atoms with Crippen LogP contribution in [0.1, 0.15) is 44.1 Å². The number of pyridine rings is 2. The topological polar surface area (TPSA) is 315 Å². The Morgan fingerprint density at radius 3 is 1.50 bits per heavy atom. The molecule has 8 aromatic carbocycles. The first kappa shape index (κ1) is 91.9. The number of methoxy groups -OCH3 is 2. The molecule has 29 nitrogen and oxygen atoms in total. The third-order valence-electron chi connectivity index (χ3n) is 23.6. The van der Waals surface area contributed by atoms with Crippen molar-refractivity contribution >= 4 is 140 Å². The second-order valence-corrected chi connectivity index (χ2v) is 36.8. The van der Waals surface area contributed by atoms with Crippen molar-refractivity contribution < 1.29 is 32.5 Å². The van der Waals surface area contributed by atoms with Gasteiger partial charge >= 0.3 is 0 Å². The number of anilines is 8. The van der Waals surface area contributed by atoms with Crippen molar-refractivity contribution in [3.8, 4) is 94.7 Å². The predicted molar refractivity (Wildman–Crippen MR) is 540 cm³/mol. The van der Waals surface area contributed by atoms with Crippen LogP contribution in [-0.4, -0.2) is 187 Å². The maximum absolute atomic E-state index is 13.7. The van der Waals surface area contributed by atoms with Gasteiger partial charge in [0.05, 0.1) is 66.4 Å². The first-order valence-corrected chi connectivity index (χ1v) is 47.8. The molecule has 0 spiro atoms. The third-order valence-corrected chi connectivity index (χ3v) is 25.9. The van der Waals surface area contributed by atoms with E-state index in [2.05, 4.69) is 144 Å². The molecule has 137 heavy (non-hydrogen) atoms. The van der Waals surface area contributed by atoms with Crippen LogP contribution in [-0.2, 0) is 20.6 Å². The van der Waals surface area contributed by atoms with E-state index in [0.29, 0.717) is 53.7 Å². The van der Waals surface area contributed by atoms with Gasteiger partial charge in [-0.1, -0.05) is 51.8 Å². The normalized spacial score (nSPS) is 15.1. The number of benzene rings is 8. The lowest BCUT2D eigenvalue weighted by Crippen LogP contribution is -2.34. The predicted octanol–water partition coefficient (Wildman–Crippen LogP) is 21.3. The molecule has 18 aromatic rings. The summed E-state index contributed by atoms with van der Waals surface area (Å²) in [4.78, 5) is 58.5. The van der Waals surface area contributed by atoms with Crippen LogP contribution in [0.15, 0.2) is 259 Å². The zero-order valence-electron chi connectivity index (χ0n) is 75.5. The number of ether oxygens (including phenoxy) is 5. The molecular formula is C102H96BrClF2N24O5S2. The molecule has 0 amide bonds. The minimum atomic E-state index is -2.62. The van der Waals surface area contributed by atoms with Crippen molar-refractivity contribution in [1.82, 2.24) is 99.8 Å². The van der Waals surface area contributed by atoms with Crippen LogP contribution in [0.5, 0.6) is 29.0 Å². The number of hydrogen-bond donors (Lipinski definition) is 6. The molecule has 0 radical (unpaired) electrons. The number of nitrogens with zero attached hydrogens (tertiary/aromatic N) is 18. The average molecular weight is 1960 g/mol. The summed E-state index contributed by atoms with van der Waals surface area (Å²) < 4.78 is 61.7. The molecule has 22 rings (SSSR count). The zero-order valence-corrected chi connectivity index (χ0v) is 79.5. The van der Waals surface area contributed by atoms with Crippen molar-refractivity contribution in [2.75, 3.05) is 94.9 Å². The summed E-state index contributed by atoms with van der Waals surface area (Å²) in [5, 5.41) is 38.8. The number of aromatic nitrogens is 16. The first-order valence-electron chi connectivity index (χ1n) is 44.9. The van der Waals surface area contributed by atoms with Crippen molar-refractivity contribution in [2.45, 2.75) is 69.3 Å². The monoisotopic (exact) mass is 1950 g/mol. The summed E-state index contributed by atoms with van der Waals surface area (Å²) in [6.07, 6.45) is 27.3. The molecule has 1 atom stereocenters. The van der Waals surface area contributed by atoms with Crippen LogP contribution in [0, 0.1) is 0 Å². The van der Waals surface area contributed by atoms with Crippen LogP contribution in [0.3, 0.4) is 0 Å². The molecule has 14 heterocycles. The lowest BCUT2D eigenvalue weighted by Gasteiger charge is -2.25. The second-order valence-electron chi connectivity index (χ2n) is 33.7. The number of alkyl halides is 2. The van der Waals surface area contributed by atoms with Crippen molar-refractivity contribution in [3.63, 3.8) is 0 Å². The number of aryl methyl sites for hydroxylation is 2. The summed E-state index contributed by atoms with van der Waals surface area (Å²) in [5.41, 5.74) is 17.6. The van der Waals surface area contributed by atoms with Crippen molar-refractivity contribution in [3.05, 3.63) is 270 Å². The number of fused-ring (bicyclic) bond motifs is 4. The van der Waals surface area contributed by atoms with Crippen molar-refractivity contribution in [2.24, 2.45) is 14.1 Å². The van der Waals surface area contributed by atoms with Crippen LogP contribution < -0.4 is 55.6 Å². The second kappa shape index (κ2) is 42.4. The SMILES string of the molecule is CN1CC[C@@H](Oc2cc(Nc3ncc4cc(Cl)ccc4n3)cc(-c3cnn(C)c3)c2)C1.COc1ccc(-c2ccc(Nc3ncc4cc(-c5nccs5)c(OC5CCNCC5)cc4n3)cc2)cn1.COc1ncccc1-c1ccc(Nc2ncc3cc(-c4nccs4)c(OC4CCNCC4)cc3n2)cc1.Cn1cc(-c2cc(CN3CCC(F)(F)C3)cc(Nc3ncc4cc(Br)ccc4n3)c2)cn1. The molecule has 4 saturated heterocycles. The Morgan fingerprint density at radius 1 is 0.453 bits per heavy atom. The van der Waals surface area contributed by atoms with Crippen molar-refractivity contribution in [1.29, 1.82) is 0 Å². The number of likely N-dealkylation sites (N-methyl/N-ethyl adjacent to an activating group) is 1. The number of rotatable bonds is 24. The Balaban J connectivity index is 0.000000117. The maximum Gasteiger partial charge on any atom is 0.261 e. The molecule has 6 N–H and O–H groups in total. The van der Waals surface area contributed by atoms with E-state index in [-0.39, 0.29) is 31.3 Å². The number of halogens is 4. The number of piperidine rings is 2. The van der Waals surface area contributed by atoms with Gasteiger partial charge in [0.2, 0.25) is 35.6 Å². The van der Waals surface area contributed by atoms with E-state index in [0.717, 1.165) is 231 Å². The molecule has 10 aromatic heterocycles. The van der Waals surface area contributed by atoms with Gasteiger partial charge in [-0.05, 0) is 214 Å². The first-order chi connectivity index (χ1) is 66.8. The van der Waals surface area contributed by atoms with E-state index >= 15 is 0 Å². The van der Waals surface area contributed by atoms with Gasteiger partial charge in [0.25, 0.3) is 5.92 Å². The van der Waals surface area contributed by atoms with E-state index < -0.39 is 5.92 Å². The molecule has 0 bridgehead atoms. The fraction of sp³-hybridized carbons (Fsp3) is 0.235. The summed E-state index contributed by atoms with van der Waals surface area (Å²) in [6, 6.07) is 55.5. The van der Waals surface area contributed by atoms with Crippen LogP contribution >= 0.6 is 50.2 Å². The minimum absolute atomic E-state index is 0.0958. The molecular weight excluding hydrogens is 1860 g/mol. The van der Waals surface area contributed by atoms with Gasteiger partial charge in [0.1, 0.15) is 45.6 Å². The van der Waals surface area contributed by atoms with E-state index in [1.54, 1.807) is 82.1 Å². The lowest BCUT2D eigenvalue weighted by molar-refractivity contribution is 0.0115. The van der Waals surface area contributed by atoms with Gasteiger partial charge in [0.15, 0.2) is 0 Å². The number of hydrogen-bond acceptors (Lipinski definition) is 29. The van der Waals surface area contributed by atoms with Crippen LogP contribution in [0.25, 0.3) is 109 Å². The summed E-state index contributed by atoms with van der Waals surface area (Å²) >= 11 is 12.7. The molecule has 0 saturated carbocycles.